The first kappa shape index (κ1) is 19.7. The summed E-state index contributed by atoms with van der Waals surface area (Å²) < 4.78 is 14.5. The summed E-state index contributed by atoms with van der Waals surface area (Å²) in [5.41, 5.74) is 10.8. The van der Waals surface area contributed by atoms with Crippen LogP contribution in [-0.4, -0.2) is 0 Å². The van der Waals surface area contributed by atoms with E-state index in [2.05, 4.69) is 13.0 Å². The molecule has 3 aromatic rings. The summed E-state index contributed by atoms with van der Waals surface area (Å²) in [5.74, 6) is -0.311. The maximum Gasteiger partial charge on any atom is 0.132 e. The van der Waals surface area contributed by atoms with Gasteiger partial charge in [-0.3, -0.25) is 0 Å². The topological polar surface area (TPSA) is 26.0 Å². The van der Waals surface area contributed by atoms with E-state index in [1.165, 1.54) is 6.07 Å². The van der Waals surface area contributed by atoms with E-state index in [-0.39, 0.29) is 5.82 Å². The van der Waals surface area contributed by atoms with Crippen LogP contribution in [0.5, 0.6) is 0 Å². The number of nitrogen functional groups attached to an aromatic ring is 1. The number of unbranched alkanes of at least 4 members (excludes halogenated alkanes) is 2. The van der Waals surface area contributed by atoms with Crippen LogP contribution in [0.1, 0.15) is 31.7 Å². The first-order chi connectivity index (χ1) is 13.0. The Morgan fingerprint density at radius 3 is 2.44 bits per heavy atom. The molecule has 0 bridgehead atoms. The van der Waals surface area contributed by atoms with Gasteiger partial charge in [-0.15, -0.1) is 0 Å². The molecule has 0 spiro atoms. The standard InChI is InChI=1S/C23H22Cl2FN/c1-2-3-4-6-15-13-16(19-14-17(27)10-12-20(19)24)9-11-18(15)23-21(25)7-5-8-22(23)26/h5,7-14H,2-4,6,27H2,1H3. The van der Waals surface area contributed by atoms with Gasteiger partial charge >= 0.3 is 0 Å². The molecule has 0 aromatic heterocycles. The highest BCUT2D eigenvalue weighted by Crippen LogP contribution is 2.37. The Morgan fingerprint density at radius 2 is 1.70 bits per heavy atom. The van der Waals surface area contributed by atoms with Gasteiger partial charge in [0.2, 0.25) is 0 Å². The fraction of sp³-hybridized carbons (Fsp3) is 0.217. The second kappa shape index (κ2) is 8.77. The Labute approximate surface area is 169 Å². The number of rotatable bonds is 6. The van der Waals surface area contributed by atoms with Crippen molar-refractivity contribution in [2.75, 3.05) is 5.73 Å². The number of benzene rings is 3. The molecule has 140 valence electrons. The molecule has 0 aliphatic rings. The smallest absolute Gasteiger partial charge is 0.132 e. The Morgan fingerprint density at radius 1 is 0.889 bits per heavy atom. The van der Waals surface area contributed by atoms with Crippen LogP contribution in [0.4, 0.5) is 10.1 Å². The Kier molecular flexibility index (Phi) is 6.41. The van der Waals surface area contributed by atoms with Crippen LogP contribution < -0.4 is 5.73 Å². The maximum atomic E-state index is 14.5. The minimum Gasteiger partial charge on any atom is -0.399 e. The number of hydrogen-bond acceptors (Lipinski definition) is 1. The lowest BCUT2D eigenvalue weighted by molar-refractivity contribution is 0.631. The molecular formula is C23H22Cl2FN. The minimum absolute atomic E-state index is 0.311. The lowest BCUT2D eigenvalue weighted by Gasteiger charge is -2.15. The molecule has 1 nitrogen and oxygen atoms in total. The van der Waals surface area contributed by atoms with Gasteiger partial charge in [0.25, 0.3) is 0 Å². The van der Waals surface area contributed by atoms with E-state index in [1.807, 2.05) is 18.2 Å². The van der Waals surface area contributed by atoms with Gasteiger partial charge in [0.15, 0.2) is 0 Å². The molecule has 27 heavy (non-hydrogen) atoms. The lowest BCUT2D eigenvalue weighted by Crippen LogP contribution is -1.96. The third-order valence-electron chi connectivity index (χ3n) is 4.69. The number of hydrogen-bond donors (Lipinski definition) is 1. The highest BCUT2D eigenvalue weighted by Gasteiger charge is 2.15. The van der Waals surface area contributed by atoms with E-state index in [1.54, 1.807) is 24.3 Å². The summed E-state index contributed by atoms with van der Waals surface area (Å²) in [6.07, 6.45) is 4.12. The summed E-state index contributed by atoms with van der Waals surface area (Å²) in [6.45, 7) is 2.16. The summed E-state index contributed by atoms with van der Waals surface area (Å²) in [6, 6.07) is 16.2. The zero-order chi connectivity index (χ0) is 19.4. The zero-order valence-corrected chi connectivity index (χ0v) is 16.7. The van der Waals surface area contributed by atoms with Gasteiger partial charge in [0.1, 0.15) is 5.82 Å². The van der Waals surface area contributed by atoms with Crippen LogP contribution in [0.25, 0.3) is 22.3 Å². The van der Waals surface area contributed by atoms with Gasteiger partial charge < -0.3 is 5.73 Å². The molecule has 4 heteroatoms. The predicted molar refractivity (Wildman–Crippen MR) is 115 cm³/mol. The van der Waals surface area contributed by atoms with Crippen molar-refractivity contribution in [2.45, 2.75) is 32.6 Å². The number of halogens is 3. The van der Waals surface area contributed by atoms with Crippen molar-refractivity contribution in [1.82, 2.24) is 0 Å². The van der Waals surface area contributed by atoms with E-state index in [4.69, 9.17) is 28.9 Å². The molecule has 0 aliphatic heterocycles. The molecule has 0 aliphatic carbocycles. The van der Waals surface area contributed by atoms with E-state index < -0.39 is 0 Å². The average molecular weight is 402 g/mol. The molecule has 2 N–H and O–H groups in total. The average Bonchev–Trinajstić information content (AvgIpc) is 2.65. The predicted octanol–water partition coefficient (Wildman–Crippen LogP) is 7.78. The third-order valence-corrected chi connectivity index (χ3v) is 5.33. The minimum atomic E-state index is -0.311. The lowest BCUT2D eigenvalue weighted by atomic mass is 9.91. The zero-order valence-electron chi connectivity index (χ0n) is 15.2. The monoisotopic (exact) mass is 401 g/mol. The van der Waals surface area contributed by atoms with E-state index >= 15 is 0 Å². The summed E-state index contributed by atoms with van der Waals surface area (Å²) in [4.78, 5) is 0. The molecule has 3 rings (SSSR count). The fourth-order valence-corrected chi connectivity index (χ4v) is 3.79. The van der Waals surface area contributed by atoms with Crippen LogP contribution in [0.15, 0.2) is 54.6 Å². The van der Waals surface area contributed by atoms with Gasteiger partial charge in [-0.25, -0.2) is 4.39 Å². The molecule has 0 fully saturated rings. The Hall–Kier alpha value is -2.03. The van der Waals surface area contributed by atoms with Crippen molar-refractivity contribution in [3.8, 4) is 22.3 Å². The first-order valence-corrected chi connectivity index (χ1v) is 9.89. The second-order valence-electron chi connectivity index (χ2n) is 6.66. The molecule has 0 amide bonds. The number of anilines is 1. The number of nitrogens with two attached hydrogens (primary N) is 1. The Bertz CT molecular complexity index is 933. The quantitative estimate of drug-likeness (QED) is 0.331. The van der Waals surface area contributed by atoms with Crippen molar-refractivity contribution >= 4 is 28.9 Å². The molecule has 0 saturated carbocycles. The van der Waals surface area contributed by atoms with Crippen LogP contribution in [0, 0.1) is 5.82 Å². The molecule has 0 unspecified atom stereocenters. The highest BCUT2D eigenvalue weighted by molar-refractivity contribution is 6.34. The fourth-order valence-electron chi connectivity index (χ4n) is 3.30. The molecular weight excluding hydrogens is 380 g/mol. The van der Waals surface area contributed by atoms with Crippen LogP contribution in [0.2, 0.25) is 10.0 Å². The second-order valence-corrected chi connectivity index (χ2v) is 7.48. The van der Waals surface area contributed by atoms with Gasteiger partial charge in [-0.05, 0) is 59.9 Å². The summed E-state index contributed by atoms with van der Waals surface area (Å²) in [7, 11) is 0. The highest BCUT2D eigenvalue weighted by atomic mass is 35.5. The Balaban J connectivity index is 2.13. The van der Waals surface area contributed by atoms with Crippen molar-refractivity contribution in [2.24, 2.45) is 0 Å². The normalized spacial score (nSPS) is 11.0. The van der Waals surface area contributed by atoms with Crippen molar-refractivity contribution < 1.29 is 4.39 Å². The van der Waals surface area contributed by atoms with Gasteiger partial charge in [0, 0.05) is 21.8 Å². The largest absolute Gasteiger partial charge is 0.399 e. The van der Waals surface area contributed by atoms with Gasteiger partial charge in [-0.1, -0.05) is 67.2 Å². The van der Waals surface area contributed by atoms with Crippen molar-refractivity contribution in [3.05, 3.63) is 76.0 Å². The third kappa shape index (κ3) is 4.45. The van der Waals surface area contributed by atoms with Crippen molar-refractivity contribution in [1.29, 1.82) is 0 Å². The van der Waals surface area contributed by atoms with Crippen LogP contribution in [0.3, 0.4) is 0 Å². The molecule has 0 heterocycles. The van der Waals surface area contributed by atoms with Gasteiger partial charge in [0.05, 0.1) is 5.02 Å². The first-order valence-electron chi connectivity index (χ1n) is 9.14. The van der Waals surface area contributed by atoms with Crippen LogP contribution in [-0.2, 0) is 6.42 Å². The number of aryl methyl sites for hydroxylation is 1. The van der Waals surface area contributed by atoms with Crippen LogP contribution >= 0.6 is 23.2 Å². The molecule has 0 radical (unpaired) electrons. The maximum absolute atomic E-state index is 14.5. The SMILES string of the molecule is CCCCCc1cc(-c2cc(N)ccc2Cl)ccc1-c1c(F)cccc1Cl. The van der Waals surface area contributed by atoms with E-state index in [0.29, 0.717) is 21.3 Å². The van der Waals surface area contributed by atoms with Gasteiger partial charge in [-0.2, -0.15) is 0 Å². The summed E-state index contributed by atoms with van der Waals surface area (Å²) >= 11 is 12.7. The molecule has 0 saturated heterocycles. The van der Waals surface area contributed by atoms with E-state index in [9.17, 15) is 4.39 Å². The van der Waals surface area contributed by atoms with Crippen molar-refractivity contribution in [3.63, 3.8) is 0 Å². The molecule has 0 atom stereocenters. The van der Waals surface area contributed by atoms with E-state index in [0.717, 1.165) is 47.9 Å². The molecule has 3 aromatic carbocycles. The summed E-state index contributed by atoms with van der Waals surface area (Å²) in [5, 5.41) is 1.06.